The molecule has 0 N–H and O–H groups in total. The van der Waals surface area contributed by atoms with Crippen molar-refractivity contribution in [1.29, 1.82) is 0 Å². The molecule has 0 atom stereocenters. The fourth-order valence-corrected chi connectivity index (χ4v) is 2.34. The Morgan fingerprint density at radius 1 is 0.720 bits per heavy atom. The van der Waals surface area contributed by atoms with Gasteiger partial charge < -0.3 is 23.7 Å². The summed E-state index contributed by atoms with van der Waals surface area (Å²) in [4.78, 5) is 12.1. The lowest BCUT2D eigenvalue weighted by atomic mass is 10.1. The number of methoxy groups -OCH3 is 4. The largest absolute Gasteiger partial charge is 0.493 e. The molecule has 25 heavy (non-hydrogen) atoms. The third-order valence-corrected chi connectivity index (χ3v) is 3.64. The van der Waals surface area contributed by atoms with E-state index in [9.17, 15) is 4.79 Å². The molecule has 0 amide bonds. The molecule has 0 aliphatic rings. The van der Waals surface area contributed by atoms with Crippen molar-refractivity contribution >= 4 is 5.97 Å². The van der Waals surface area contributed by atoms with Crippen molar-refractivity contribution in [3.8, 4) is 23.0 Å². The van der Waals surface area contributed by atoms with E-state index < -0.39 is 0 Å². The molecule has 2 rings (SSSR count). The maximum Gasteiger partial charge on any atom is 0.310 e. The van der Waals surface area contributed by atoms with E-state index in [1.165, 1.54) is 0 Å². The Kier molecular flexibility index (Phi) is 6.51. The molecular weight excluding hydrogens is 324 g/mol. The van der Waals surface area contributed by atoms with Crippen LogP contribution in [-0.4, -0.2) is 34.4 Å². The number of esters is 1. The monoisotopic (exact) mass is 346 g/mol. The van der Waals surface area contributed by atoms with Crippen LogP contribution in [0.25, 0.3) is 0 Å². The van der Waals surface area contributed by atoms with Crippen LogP contribution in [0.3, 0.4) is 0 Å². The first-order chi connectivity index (χ1) is 12.1. The molecule has 2 aromatic carbocycles. The van der Waals surface area contributed by atoms with E-state index in [0.29, 0.717) is 23.0 Å². The van der Waals surface area contributed by atoms with Gasteiger partial charge in [0, 0.05) is 0 Å². The molecule has 0 heterocycles. The van der Waals surface area contributed by atoms with Gasteiger partial charge in [0.1, 0.15) is 6.61 Å². The zero-order valence-corrected chi connectivity index (χ0v) is 14.8. The first kappa shape index (κ1) is 18.4. The van der Waals surface area contributed by atoms with E-state index in [4.69, 9.17) is 23.7 Å². The average Bonchev–Trinajstić information content (AvgIpc) is 2.65. The third kappa shape index (κ3) is 4.79. The summed E-state index contributed by atoms with van der Waals surface area (Å²) in [6.45, 7) is 0.159. The molecule has 0 fully saturated rings. The SMILES string of the molecule is COc1ccc(COC(=O)Cc2ccc(OC)c(OC)c2)cc1OC. The van der Waals surface area contributed by atoms with Crippen molar-refractivity contribution in [1.82, 2.24) is 0 Å². The standard InChI is InChI=1S/C19H22O6/c1-21-15-7-5-13(9-17(15)23-3)11-19(20)25-12-14-6-8-16(22-2)18(10-14)24-4/h5-10H,11-12H2,1-4H3. The van der Waals surface area contributed by atoms with Gasteiger partial charge in [-0.15, -0.1) is 0 Å². The maximum absolute atomic E-state index is 12.1. The van der Waals surface area contributed by atoms with Gasteiger partial charge >= 0.3 is 5.97 Å². The highest BCUT2D eigenvalue weighted by Crippen LogP contribution is 2.29. The van der Waals surface area contributed by atoms with E-state index in [-0.39, 0.29) is 19.0 Å². The molecule has 2 aromatic rings. The Balaban J connectivity index is 1.97. The van der Waals surface area contributed by atoms with E-state index in [1.54, 1.807) is 58.8 Å². The van der Waals surface area contributed by atoms with Crippen LogP contribution in [0.1, 0.15) is 11.1 Å². The van der Waals surface area contributed by atoms with Crippen LogP contribution in [0.5, 0.6) is 23.0 Å². The number of benzene rings is 2. The fraction of sp³-hybridized carbons (Fsp3) is 0.316. The van der Waals surface area contributed by atoms with Gasteiger partial charge in [-0.3, -0.25) is 4.79 Å². The summed E-state index contributed by atoms with van der Waals surface area (Å²) in [6, 6.07) is 10.7. The molecule has 0 aliphatic heterocycles. The first-order valence-corrected chi connectivity index (χ1v) is 7.68. The Bertz CT molecular complexity index is 726. The Labute approximate surface area is 147 Å². The van der Waals surface area contributed by atoms with Gasteiger partial charge in [-0.05, 0) is 35.4 Å². The number of carbonyl (C=O) groups excluding carboxylic acids is 1. The Morgan fingerprint density at radius 2 is 1.20 bits per heavy atom. The summed E-state index contributed by atoms with van der Waals surface area (Å²) in [5, 5.41) is 0. The maximum atomic E-state index is 12.1. The zero-order valence-electron chi connectivity index (χ0n) is 14.8. The first-order valence-electron chi connectivity index (χ1n) is 7.68. The van der Waals surface area contributed by atoms with E-state index in [0.717, 1.165) is 11.1 Å². The van der Waals surface area contributed by atoms with E-state index in [2.05, 4.69) is 0 Å². The molecule has 0 bridgehead atoms. The van der Waals surface area contributed by atoms with Crippen molar-refractivity contribution in [2.45, 2.75) is 13.0 Å². The van der Waals surface area contributed by atoms with Crippen molar-refractivity contribution in [2.75, 3.05) is 28.4 Å². The summed E-state index contributed by atoms with van der Waals surface area (Å²) < 4.78 is 26.2. The molecule has 6 heteroatoms. The molecule has 0 unspecified atom stereocenters. The molecule has 0 spiro atoms. The van der Waals surface area contributed by atoms with Gasteiger partial charge in [0.2, 0.25) is 0 Å². The third-order valence-electron chi connectivity index (χ3n) is 3.64. The normalized spacial score (nSPS) is 10.1. The topological polar surface area (TPSA) is 63.2 Å². The van der Waals surface area contributed by atoms with Crippen molar-refractivity contribution < 1.29 is 28.5 Å². The number of hydrogen-bond donors (Lipinski definition) is 0. The van der Waals surface area contributed by atoms with Gasteiger partial charge in [-0.1, -0.05) is 12.1 Å². The predicted molar refractivity (Wildman–Crippen MR) is 92.6 cm³/mol. The number of ether oxygens (including phenoxy) is 5. The molecular formula is C19H22O6. The van der Waals surface area contributed by atoms with Crippen molar-refractivity contribution in [3.05, 3.63) is 47.5 Å². The molecule has 0 aromatic heterocycles. The summed E-state index contributed by atoms with van der Waals surface area (Å²) in [7, 11) is 6.25. The quantitative estimate of drug-likeness (QED) is 0.685. The van der Waals surface area contributed by atoms with Gasteiger partial charge in [0.15, 0.2) is 23.0 Å². The lowest BCUT2D eigenvalue weighted by Gasteiger charge is -2.11. The molecule has 0 saturated heterocycles. The Hall–Kier alpha value is -2.89. The second-order valence-electron chi connectivity index (χ2n) is 5.22. The van der Waals surface area contributed by atoms with Crippen molar-refractivity contribution in [2.24, 2.45) is 0 Å². The van der Waals surface area contributed by atoms with Gasteiger partial charge in [-0.2, -0.15) is 0 Å². The van der Waals surface area contributed by atoms with Crippen LogP contribution >= 0.6 is 0 Å². The molecule has 134 valence electrons. The Morgan fingerprint density at radius 3 is 1.72 bits per heavy atom. The molecule has 0 aliphatic carbocycles. The number of carbonyl (C=O) groups is 1. The van der Waals surface area contributed by atoms with Crippen LogP contribution < -0.4 is 18.9 Å². The summed E-state index contributed by atoms with van der Waals surface area (Å²) in [5.74, 6) is 2.08. The fourth-order valence-electron chi connectivity index (χ4n) is 2.34. The van der Waals surface area contributed by atoms with E-state index >= 15 is 0 Å². The minimum atomic E-state index is -0.331. The van der Waals surface area contributed by atoms with E-state index in [1.807, 2.05) is 6.07 Å². The highest BCUT2D eigenvalue weighted by molar-refractivity contribution is 5.73. The lowest BCUT2D eigenvalue weighted by Crippen LogP contribution is -2.08. The predicted octanol–water partition coefficient (Wildman–Crippen LogP) is 3.01. The highest BCUT2D eigenvalue weighted by Gasteiger charge is 2.11. The van der Waals surface area contributed by atoms with Crippen LogP contribution in [-0.2, 0) is 22.6 Å². The van der Waals surface area contributed by atoms with Crippen LogP contribution in [0, 0.1) is 0 Å². The van der Waals surface area contributed by atoms with Crippen LogP contribution in [0.2, 0.25) is 0 Å². The number of rotatable bonds is 8. The van der Waals surface area contributed by atoms with Crippen LogP contribution in [0.15, 0.2) is 36.4 Å². The highest BCUT2D eigenvalue weighted by atomic mass is 16.5. The zero-order chi connectivity index (χ0) is 18.2. The second-order valence-corrected chi connectivity index (χ2v) is 5.22. The lowest BCUT2D eigenvalue weighted by molar-refractivity contribution is -0.144. The summed E-state index contributed by atoms with van der Waals surface area (Å²) in [6.07, 6.45) is 0.146. The second kappa shape index (κ2) is 8.82. The molecule has 6 nitrogen and oxygen atoms in total. The average molecular weight is 346 g/mol. The molecule has 0 saturated carbocycles. The van der Waals surface area contributed by atoms with Gasteiger partial charge in [-0.25, -0.2) is 0 Å². The minimum absolute atomic E-state index is 0.146. The van der Waals surface area contributed by atoms with Crippen molar-refractivity contribution in [3.63, 3.8) is 0 Å². The smallest absolute Gasteiger partial charge is 0.310 e. The van der Waals surface area contributed by atoms with Gasteiger partial charge in [0.05, 0.1) is 34.9 Å². The van der Waals surface area contributed by atoms with Gasteiger partial charge in [0.25, 0.3) is 0 Å². The molecule has 0 radical (unpaired) electrons. The summed E-state index contributed by atoms with van der Waals surface area (Å²) >= 11 is 0. The minimum Gasteiger partial charge on any atom is -0.493 e. The summed E-state index contributed by atoms with van der Waals surface area (Å²) in [5.41, 5.74) is 1.60. The number of hydrogen-bond acceptors (Lipinski definition) is 6. The van der Waals surface area contributed by atoms with Crippen LogP contribution in [0.4, 0.5) is 0 Å².